The molecule has 0 fully saturated rings. The fourth-order valence-corrected chi connectivity index (χ4v) is 1.84. The van der Waals surface area contributed by atoms with E-state index in [0.29, 0.717) is 11.4 Å². The van der Waals surface area contributed by atoms with Crippen LogP contribution in [-0.2, 0) is 4.79 Å². The van der Waals surface area contributed by atoms with Crippen molar-refractivity contribution in [2.24, 2.45) is 5.73 Å². The summed E-state index contributed by atoms with van der Waals surface area (Å²) < 4.78 is 5.96. The van der Waals surface area contributed by atoms with Crippen molar-refractivity contribution in [2.75, 3.05) is 12.4 Å². The minimum Gasteiger partial charge on any atom is -0.497 e. The molecule has 0 unspecified atom stereocenters. The number of carbonyl (C=O) groups excluding carboxylic acids is 1. The van der Waals surface area contributed by atoms with E-state index in [1.807, 2.05) is 26.0 Å². The lowest BCUT2D eigenvalue weighted by Gasteiger charge is -2.17. The largest absolute Gasteiger partial charge is 0.497 e. The Kier molecular flexibility index (Phi) is 4.54. The SMILES string of the molecule is COc1cc(Br)cc(NC(=O)CC(C)(C)N)c1. The second kappa shape index (κ2) is 5.51. The number of nitrogens with one attached hydrogen (secondary N) is 1. The van der Waals surface area contributed by atoms with Crippen LogP contribution in [0, 0.1) is 0 Å². The van der Waals surface area contributed by atoms with Crippen molar-refractivity contribution in [3.63, 3.8) is 0 Å². The molecule has 5 heteroatoms. The van der Waals surface area contributed by atoms with Crippen LogP contribution in [0.15, 0.2) is 22.7 Å². The van der Waals surface area contributed by atoms with Crippen molar-refractivity contribution in [3.05, 3.63) is 22.7 Å². The molecular formula is C12H17BrN2O2. The summed E-state index contributed by atoms with van der Waals surface area (Å²) in [6.07, 6.45) is 0.266. The zero-order valence-electron chi connectivity index (χ0n) is 10.2. The van der Waals surface area contributed by atoms with Gasteiger partial charge < -0.3 is 15.8 Å². The smallest absolute Gasteiger partial charge is 0.226 e. The van der Waals surface area contributed by atoms with Gasteiger partial charge in [-0.05, 0) is 26.0 Å². The standard InChI is InChI=1S/C12H17BrN2O2/c1-12(2,14)7-11(16)15-9-4-8(13)5-10(6-9)17-3/h4-6H,7,14H2,1-3H3,(H,15,16). The molecule has 1 amide bonds. The van der Waals surface area contributed by atoms with Crippen LogP contribution >= 0.6 is 15.9 Å². The third-order valence-corrected chi connectivity index (χ3v) is 2.46. The van der Waals surface area contributed by atoms with Gasteiger partial charge in [0.15, 0.2) is 0 Å². The number of anilines is 1. The van der Waals surface area contributed by atoms with E-state index in [0.717, 1.165) is 4.47 Å². The first kappa shape index (κ1) is 14.0. The molecule has 1 aromatic carbocycles. The molecule has 0 aliphatic heterocycles. The topological polar surface area (TPSA) is 64.3 Å². The van der Waals surface area contributed by atoms with Gasteiger partial charge >= 0.3 is 0 Å². The number of ether oxygens (including phenoxy) is 1. The molecule has 0 radical (unpaired) electrons. The van der Waals surface area contributed by atoms with Gasteiger partial charge in [-0.15, -0.1) is 0 Å². The molecule has 0 bridgehead atoms. The first-order valence-electron chi connectivity index (χ1n) is 5.23. The van der Waals surface area contributed by atoms with Gasteiger partial charge in [-0.3, -0.25) is 4.79 Å². The summed E-state index contributed by atoms with van der Waals surface area (Å²) in [5.41, 5.74) is 5.95. The number of benzene rings is 1. The second-order valence-electron chi connectivity index (χ2n) is 4.59. The highest BCUT2D eigenvalue weighted by molar-refractivity contribution is 9.10. The Labute approximate surface area is 110 Å². The second-order valence-corrected chi connectivity index (χ2v) is 5.51. The highest BCUT2D eigenvalue weighted by Crippen LogP contribution is 2.24. The van der Waals surface area contributed by atoms with Crippen LogP contribution in [0.25, 0.3) is 0 Å². The van der Waals surface area contributed by atoms with Crippen molar-refractivity contribution >= 4 is 27.5 Å². The van der Waals surface area contributed by atoms with E-state index in [9.17, 15) is 4.79 Å². The van der Waals surface area contributed by atoms with Crippen LogP contribution < -0.4 is 15.8 Å². The highest BCUT2D eigenvalue weighted by Gasteiger charge is 2.16. The van der Waals surface area contributed by atoms with Crippen LogP contribution in [0.5, 0.6) is 5.75 Å². The monoisotopic (exact) mass is 300 g/mol. The number of halogens is 1. The average molecular weight is 301 g/mol. The molecule has 0 atom stereocenters. The number of carbonyl (C=O) groups is 1. The summed E-state index contributed by atoms with van der Waals surface area (Å²) in [5.74, 6) is 0.569. The number of nitrogens with two attached hydrogens (primary N) is 1. The lowest BCUT2D eigenvalue weighted by Crippen LogP contribution is -2.36. The lowest BCUT2D eigenvalue weighted by atomic mass is 10.0. The van der Waals surface area contributed by atoms with Gasteiger partial charge in [-0.1, -0.05) is 15.9 Å². The number of methoxy groups -OCH3 is 1. The zero-order chi connectivity index (χ0) is 13.1. The molecule has 0 spiro atoms. The molecule has 3 N–H and O–H groups in total. The van der Waals surface area contributed by atoms with E-state index in [4.69, 9.17) is 10.5 Å². The molecule has 94 valence electrons. The molecule has 0 saturated carbocycles. The van der Waals surface area contributed by atoms with Crippen LogP contribution in [0.2, 0.25) is 0 Å². The van der Waals surface area contributed by atoms with E-state index >= 15 is 0 Å². The quantitative estimate of drug-likeness (QED) is 0.898. The molecule has 17 heavy (non-hydrogen) atoms. The number of amides is 1. The Morgan fingerprint density at radius 2 is 2.12 bits per heavy atom. The van der Waals surface area contributed by atoms with Crippen LogP contribution in [0.1, 0.15) is 20.3 Å². The van der Waals surface area contributed by atoms with Crippen molar-refractivity contribution in [2.45, 2.75) is 25.8 Å². The summed E-state index contributed by atoms with van der Waals surface area (Å²) in [4.78, 5) is 11.7. The maximum atomic E-state index is 11.7. The van der Waals surface area contributed by atoms with Gasteiger partial charge in [0, 0.05) is 28.2 Å². The molecule has 1 aromatic rings. The minimum atomic E-state index is -0.514. The fraction of sp³-hybridized carbons (Fsp3) is 0.417. The molecular weight excluding hydrogens is 284 g/mol. The van der Waals surface area contributed by atoms with Gasteiger partial charge in [0.05, 0.1) is 7.11 Å². The van der Waals surface area contributed by atoms with E-state index < -0.39 is 5.54 Å². The number of hydrogen-bond donors (Lipinski definition) is 2. The summed E-state index contributed by atoms with van der Waals surface area (Å²) in [7, 11) is 1.58. The Balaban J connectivity index is 2.74. The van der Waals surface area contributed by atoms with Gasteiger partial charge in [0.25, 0.3) is 0 Å². The Bertz CT molecular complexity index is 413. The molecule has 0 heterocycles. The summed E-state index contributed by atoms with van der Waals surface area (Å²) in [6.45, 7) is 3.63. The van der Waals surface area contributed by atoms with Gasteiger partial charge in [0.2, 0.25) is 5.91 Å². The summed E-state index contributed by atoms with van der Waals surface area (Å²) >= 11 is 3.35. The van der Waals surface area contributed by atoms with E-state index in [1.54, 1.807) is 13.2 Å². The predicted octanol–water partition coefficient (Wildman–Crippen LogP) is 2.52. The van der Waals surface area contributed by atoms with E-state index in [-0.39, 0.29) is 12.3 Å². The Hall–Kier alpha value is -1.07. The molecule has 0 aromatic heterocycles. The van der Waals surface area contributed by atoms with Crippen LogP contribution in [0.3, 0.4) is 0 Å². The van der Waals surface area contributed by atoms with Gasteiger partial charge in [0.1, 0.15) is 5.75 Å². The van der Waals surface area contributed by atoms with Gasteiger partial charge in [-0.25, -0.2) is 0 Å². The van der Waals surface area contributed by atoms with Crippen molar-refractivity contribution in [1.29, 1.82) is 0 Å². The van der Waals surface area contributed by atoms with Gasteiger partial charge in [-0.2, -0.15) is 0 Å². The number of rotatable bonds is 4. The maximum Gasteiger partial charge on any atom is 0.226 e. The summed E-state index contributed by atoms with van der Waals surface area (Å²) in [6, 6.07) is 5.39. The van der Waals surface area contributed by atoms with Crippen molar-refractivity contribution in [1.82, 2.24) is 0 Å². The maximum absolute atomic E-state index is 11.7. The predicted molar refractivity (Wildman–Crippen MR) is 72.2 cm³/mol. The van der Waals surface area contributed by atoms with E-state index in [1.165, 1.54) is 0 Å². The summed E-state index contributed by atoms with van der Waals surface area (Å²) in [5, 5.41) is 2.79. The zero-order valence-corrected chi connectivity index (χ0v) is 11.8. The Morgan fingerprint density at radius 3 is 2.65 bits per heavy atom. The number of hydrogen-bond acceptors (Lipinski definition) is 3. The third-order valence-electron chi connectivity index (χ3n) is 2.01. The van der Waals surface area contributed by atoms with E-state index in [2.05, 4.69) is 21.2 Å². The normalized spacial score (nSPS) is 11.1. The molecule has 0 aliphatic rings. The highest BCUT2D eigenvalue weighted by atomic mass is 79.9. The van der Waals surface area contributed by atoms with Crippen LogP contribution in [0.4, 0.5) is 5.69 Å². The fourth-order valence-electron chi connectivity index (χ4n) is 1.37. The molecule has 0 saturated heterocycles. The molecule has 4 nitrogen and oxygen atoms in total. The minimum absolute atomic E-state index is 0.113. The average Bonchev–Trinajstić information content (AvgIpc) is 2.13. The Morgan fingerprint density at radius 1 is 1.47 bits per heavy atom. The molecule has 0 aliphatic carbocycles. The van der Waals surface area contributed by atoms with Crippen molar-refractivity contribution in [3.8, 4) is 5.75 Å². The van der Waals surface area contributed by atoms with Crippen LogP contribution in [-0.4, -0.2) is 18.6 Å². The lowest BCUT2D eigenvalue weighted by molar-refractivity contribution is -0.117. The first-order chi connectivity index (χ1) is 7.80. The first-order valence-corrected chi connectivity index (χ1v) is 6.03. The third kappa shape index (κ3) is 5.19. The molecule has 1 rings (SSSR count). The van der Waals surface area contributed by atoms with Crippen molar-refractivity contribution < 1.29 is 9.53 Å².